The second kappa shape index (κ2) is 6.23. The molecule has 3 aromatic rings. The number of primary sulfonamides is 1. The number of sulfonamides is 1. The molecule has 0 aliphatic heterocycles. The van der Waals surface area contributed by atoms with Crippen LogP contribution in [-0.2, 0) is 16.4 Å². The van der Waals surface area contributed by atoms with E-state index in [9.17, 15) is 8.42 Å². The second-order valence-corrected chi connectivity index (χ2v) is 7.58. The van der Waals surface area contributed by atoms with Crippen LogP contribution in [0.2, 0.25) is 0 Å². The van der Waals surface area contributed by atoms with Gasteiger partial charge in [-0.2, -0.15) is 0 Å². The van der Waals surface area contributed by atoms with Crippen LogP contribution in [0.4, 0.5) is 0 Å². The summed E-state index contributed by atoms with van der Waals surface area (Å²) in [4.78, 5) is 4.74. The van der Waals surface area contributed by atoms with Crippen molar-refractivity contribution in [1.29, 1.82) is 0 Å². The molecular weight excluding hydrogens is 328 g/mol. The molecule has 0 radical (unpaired) electrons. The van der Waals surface area contributed by atoms with Crippen molar-refractivity contribution in [2.75, 3.05) is 0 Å². The molecule has 0 bridgehead atoms. The minimum Gasteiger partial charge on any atom is -0.236 e. The fourth-order valence-corrected chi connectivity index (χ4v) is 3.59. The highest BCUT2D eigenvalue weighted by Gasteiger charge is 2.10. The average Bonchev–Trinajstić information content (AvgIpc) is 3.04. The van der Waals surface area contributed by atoms with Gasteiger partial charge in [-0.3, -0.25) is 0 Å². The van der Waals surface area contributed by atoms with Gasteiger partial charge in [-0.1, -0.05) is 43.3 Å². The molecule has 0 aliphatic carbocycles. The number of hydrogen-bond donors (Lipinski definition) is 1. The fourth-order valence-electron chi connectivity index (χ4n) is 2.24. The lowest BCUT2D eigenvalue weighted by Gasteiger charge is -2.01. The molecule has 0 saturated carbocycles. The number of nitrogens with two attached hydrogens (primary N) is 1. The van der Waals surface area contributed by atoms with E-state index in [0.29, 0.717) is 0 Å². The number of hydrogen-bond acceptors (Lipinski definition) is 4. The van der Waals surface area contributed by atoms with Crippen LogP contribution in [-0.4, -0.2) is 13.4 Å². The minimum atomic E-state index is -3.66. The summed E-state index contributed by atoms with van der Waals surface area (Å²) in [5.74, 6) is 0. The third-order valence-corrected chi connectivity index (χ3v) is 5.41. The van der Waals surface area contributed by atoms with E-state index in [2.05, 4.69) is 36.2 Å². The fraction of sp³-hybridized carbons (Fsp3) is 0.118. The predicted octanol–water partition coefficient (Wildman–Crippen LogP) is 3.69. The van der Waals surface area contributed by atoms with Crippen LogP contribution in [0.5, 0.6) is 0 Å². The number of aromatic nitrogens is 1. The summed E-state index contributed by atoms with van der Waals surface area (Å²) in [6.45, 7) is 2.13. The SMILES string of the molecule is CCc1ccc(-c2nc(-c3ccc(S(N)(=O)=O)cc3)cs2)cc1. The van der Waals surface area contributed by atoms with Crippen molar-refractivity contribution in [3.8, 4) is 21.8 Å². The lowest BCUT2D eigenvalue weighted by Crippen LogP contribution is -2.11. The Balaban J connectivity index is 1.89. The summed E-state index contributed by atoms with van der Waals surface area (Å²) in [5.41, 5.74) is 4.07. The number of aryl methyl sites for hydroxylation is 1. The van der Waals surface area contributed by atoms with Crippen molar-refractivity contribution in [3.05, 3.63) is 59.5 Å². The maximum atomic E-state index is 11.3. The molecule has 0 aliphatic rings. The van der Waals surface area contributed by atoms with Crippen molar-refractivity contribution in [2.45, 2.75) is 18.2 Å². The molecule has 118 valence electrons. The van der Waals surface area contributed by atoms with Crippen LogP contribution in [0, 0.1) is 0 Å². The van der Waals surface area contributed by atoms with Crippen LogP contribution in [0.25, 0.3) is 21.8 Å². The van der Waals surface area contributed by atoms with Gasteiger partial charge in [0.25, 0.3) is 0 Å². The maximum Gasteiger partial charge on any atom is 0.238 e. The van der Waals surface area contributed by atoms with E-state index < -0.39 is 10.0 Å². The van der Waals surface area contributed by atoms with E-state index in [-0.39, 0.29) is 4.90 Å². The van der Waals surface area contributed by atoms with E-state index in [1.54, 1.807) is 23.5 Å². The Kier molecular flexibility index (Phi) is 4.30. The molecule has 2 N–H and O–H groups in total. The standard InChI is InChI=1S/C17H16N2O2S2/c1-2-12-3-5-14(6-4-12)17-19-16(11-22-17)13-7-9-15(10-8-13)23(18,20)21/h3-11H,2H2,1H3,(H2,18,20,21). The van der Waals surface area contributed by atoms with Gasteiger partial charge >= 0.3 is 0 Å². The van der Waals surface area contributed by atoms with E-state index >= 15 is 0 Å². The van der Waals surface area contributed by atoms with Crippen molar-refractivity contribution in [2.24, 2.45) is 5.14 Å². The normalized spacial score (nSPS) is 11.6. The molecule has 0 fully saturated rings. The summed E-state index contributed by atoms with van der Waals surface area (Å²) in [7, 11) is -3.66. The molecule has 0 amide bonds. The van der Waals surface area contributed by atoms with E-state index in [1.165, 1.54) is 17.7 Å². The monoisotopic (exact) mass is 344 g/mol. The molecule has 0 saturated heterocycles. The van der Waals surface area contributed by atoms with E-state index in [1.807, 2.05) is 5.38 Å². The van der Waals surface area contributed by atoms with Crippen LogP contribution in [0.1, 0.15) is 12.5 Å². The molecule has 2 aromatic carbocycles. The van der Waals surface area contributed by atoms with Gasteiger partial charge in [-0.05, 0) is 24.1 Å². The number of nitrogens with zero attached hydrogens (tertiary/aromatic N) is 1. The van der Waals surface area contributed by atoms with Crippen molar-refractivity contribution in [1.82, 2.24) is 4.98 Å². The third-order valence-electron chi connectivity index (χ3n) is 3.59. The molecule has 1 heterocycles. The molecule has 4 nitrogen and oxygen atoms in total. The zero-order valence-corrected chi connectivity index (χ0v) is 14.2. The Hall–Kier alpha value is -2.02. The topological polar surface area (TPSA) is 73.0 Å². The van der Waals surface area contributed by atoms with Gasteiger partial charge in [-0.25, -0.2) is 18.5 Å². The molecule has 0 unspecified atom stereocenters. The Bertz CT molecular complexity index is 912. The lowest BCUT2D eigenvalue weighted by molar-refractivity contribution is 0.598. The average molecular weight is 344 g/mol. The highest BCUT2D eigenvalue weighted by molar-refractivity contribution is 7.89. The van der Waals surface area contributed by atoms with Crippen molar-refractivity contribution in [3.63, 3.8) is 0 Å². The first-order chi connectivity index (χ1) is 11.0. The summed E-state index contributed by atoms with van der Waals surface area (Å²) in [6.07, 6.45) is 1.01. The minimum absolute atomic E-state index is 0.104. The third kappa shape index (κ3) is 3.50. The van der Waals surface area contributed by atoms with E-state index in [0.717, 1.165) is 28.2 Å². The first kappa shape index (κ1) is 15.9. The van der Waals surface area contributed by atoms with Gasteiger partial charge in [0, 0.05) is 16.5 Å². The Morgan fingerprint density at radius 2 is 1.61 bits per heavy atom. The van der Waals surface area contributed by atoms with Crippen LogP contribution in [0.15, 0.2) is 58.8 Å². The van der Waals surface area contributed by atoms with Crippen molar-refractivity contribution >= 4 is 21.4 Å². The Morgan fingerprint density at radius 3 is 2.17 bits per heavy atom. The Morgan fingerprint density at radius 1 is 1.00 bits per heavy atom. The molecule has 0 spiro atoms. The summed E-state index contributed by atoms with van der Waals surface area (Å²) in [5, 5.41) is 8.02. The predicted molar refractivity (Wildman–Crippen MR) is 93.7 cm³/mol. The zero-order chi connectivity index (χ0) is 16.4. The molecule has 3 rings (SSSR count). The van der Waals surface area contributed by atoms with Gasteiger partial charge in [0.05, 0.1) is 10.6 Å². The van der Waals surface area contributed by atoms with Gasteiger partial charge in [0.1, 0.15) is 5.01 Å². The highest BCUT2D eigenvalue weighted by atomic mass is 32.2. The first-order valence-corrected chi connectivity index (χ1v) is 9.58. The molecule has 6 heteroatoms. The first-order valence-electron chi connectivity index (χ1n) is 7.15. The van der Waals surface area contributed by atoms with Crippen LogP contribution < -0.4 is 5.14 Å². The number of benzene rings is 2. The quantitative estimate of drug-likeness (QED) is 0.784. The molecular formula is C17H16N2O2S2. The molecule has 1 aromatic heterocycles. The lowest BCUT2D eigenvalue weighted by atomic mass is 10.1. The highest BCUT2D eigenvalue weighted by Crippen LogP contribution is 2.29. The molecule has 23 heavy (non-hydrogen) atoms. The maximum absolute atomic E-state index is 11.3. The second-order valence-electron chi connectivity index (χ2n) is 5.16. The van der Waals surface area contributed by atoms with Crippen LogP contribution >= 0.6 is 11.3 Å². The van der Waals surface area contributed by atoms with Gasteiger partial charge in [0.15, 0.2) is 0 Å². The Labute approximate surface area is 139 Å². The van der Waals surface area contributed by atoms with Gasteiger partial charge in [0.2, 0.25) is 10.0 Å². The van der Waals surface area contributed by atoms with Crippen LogP contribution in [0.3, 0.4) is 0 Å². The summed E-state index contributed by atoms with van der Waals surface area (Å²) in [6, 6.07) is 14.8. The van der Waals surface area contributed by atoms with E-state index in [4.69, 9.17) is 5.14 Å². The van der Waals surface area contributed by atoms with Crippen molar-refractivity contribution < 1.29 is 8.42 Å². The van der Waals surface area contributed by atoms with Gasteiger partial charge < -0.3 is 0 Å². The van der Waals surface area contributed by atoms with Gasteiger partial charge in [-0.15, -0.1) is 11.3 Å². The summed E-state index contributed by atoms with van der Waals surface area (Å²) < 4.78 is 22.6. The zero-order valence-electron chi connectivity index (χ0n) is 12.6. The number of rotatable bonds is 4. The largest absolute Gasteiger partial charge is 0.238 e. The smallest absolute Gasteiger partial charge is 0.236 e. The number of thiazole rings is 1. The molecule has 0 atom stereocenters. The summed E-state index contributed by atoms with van der Waals surface area (Å²) >= 11 is 1.57.